The molecule has 0 heterocycles. The molecule has 0 fully saturated rings. The van der Waals surface area contributed by atoms with Gasteiger partial charge in [0.1, 0.15) is 12.4 Å². The van der Waals surface area contributed by atoms with E-state index in [0.717, 1.165) is 0 Å². The van der Waals surface area contributed by atoms with Crippen molar-refractivity contribution in [2.75, 3.05) is 13.2 Å². The van der Waals surface area contributed by atoms with Gasteiger partial charge in [-0.25, -0.2) is 8.42 Å². The average Bonchev–Trinajstić information content (AvgIpc) is 2.23. The third-order valence-electron chi connectivity index (χ3n) is 2.31. The number of benzene rings is 1. The molecule has 0 saturated heterocycles. The van der Waals surface area contributed by atoms with Gasteiger partial charge in [-0.05, 0) is 37.1 Å². The molecule has 1 rings (SSSR count). The molecule has 0 saturated carbocycles. The lowest BCUT2D eigenvalue weighted by Gasteiger charge is -2.14. The average molecular weight is 333 g/mol. The second kappa shape index (κ2) is 6.19. The number of hydrogen-bond acceptors (Lipinski definition) is 4. The Morgan fingerprint density at radius 1 is 1.15 bits per heavy atom. The third kappa shape index (κ3) is 5.18. The van der Waals surface area contributed by atoms with Gasteiger partial charge in [0.15, 0.2) is 0 Å². The molecule has 0 bridgehead atoms. The van der Waals surface area contributed by atoms with Crippen LogP contribution >= 0.6 is 10.7 Å². The zero-order valence-corrected chi connectivity index (χ0v) is 12.2. The van der Waals surface area contributed by atoms with Crippen LogP contribution in [0.1, 0.15) is 11.1 Å². The molecule has 0 aliphatic rings. The summed E-state index contributed by atoms with van der Waals surface area (Å²) in [7, 11) is 1.35. The van der Waals surface area contributed by atoms with E-state index in [2.05, 4.69) is 4.74 Å². The first kappa shape index (κ1) is 17.1. The van der Waals surface area contributed by atoms with Crippen molar-refractivity contribution in [1.82, 2.24) is 0 Å². The molecule has 0 aliphatic heterocycles. The Balaban J connectivity index is 2.78. The molecular weight excluding hydrogens is 321 g/mol. The topological polar surface area (TPSA) is 52.6 Å². The Morgan fingerprint density at radius 3 is 2.05 bits per heavy atom. The summed E-state index contributed by atoms with van der Waals surface area (Å²) >= 11 is 0. The van der Waals surface area contributed by atoms with Crippen molar-refractivity contribution in [3.63, 3.8) is 0 Å². The molecule has 0 amide bonds. The quantitative estimate of drug-likeness (QED) is 0.614. The summed E-state index contributed by atoms with van der Waals surface area (Å²) in [6.07, 6.45) is -4.70. The van der Waals surface area contributed by atoms with Gasteiger partial charge < -0.3 is 4.74 Å². The van der Waals surface area contributed by atoms with E-state index >= 15 is 0 Å². The second-order valence-electron chi connectivity index (χ2n) is 3.97. The van der Waals surface area contributed by atoms with Crippen molar-refractivity contribution in [3.05, 3.63) is 23.3 Å². The number of ether oxygens (including phenoxy) is 2. The minimum atomic E-state index is -4.70. The molecular formula is C11H12ClF3O4S. The van der Waals surface area contributed by atoms with E-state index in [1.54, 1.807) is 13.8 Å². The maximum absolute atomic E-state index is 11.8. The Kier molecular flexibility index (Phi) is 5.28. The smallest absolute Gasteiger partial charge is 0.491 e. The summed E-state index contributed by atoms with van der Waals surface area (Å²) in [4.78, 5) is -0.0898. The first-order valence-corrected chi connectivity index (χ1v) is 7.71. The number of rotatable bonds is 5. The van der Waals surface area contributed by atoms with Crippen LogP contribution in [0.4, 0.5) is 13.2 Å². The minimum Gasteiger partial charge on any atom is -0.491 e. The van der Waals surface area contributed by atoms with Crippen LogP contribution in [0, 0.1) is 13.8 Å². The van der Waals surface area contributed by atoms with Crippen LogP contribution in [-0.2, 0) is 13.8 Å². The van der Waals surface area contributed by atoms with E-state index in [0.29, 0.717) is 16.9 Å². The van der Waals surface area contributed by atoms with Crippen LogP contribution < -0.4 is 4.74 Å². The van der Waals surface area contributed by atoms with E-state index in [1.807, 2.05) is 0 Å². The lowest BCUT2D eigenvalue weighted by molar-refractivity contribution is -0.325. The molecule has 1 aromatic carbocycles. The molecule has 0 aromatic heterocycles. The molecule has 114 valence electrons. The van der Waals surface area contributed by atoms with Gasteiger partial charge >= 0.3 is 6.36 Å². The maximum atomic E-state index is 11.8. The highest BCUT2D eigenvalue weighted by molar-refractivity contribution is 8.13. The normalized spacial score (nSPS) is 12.5. The van der Waals surface area contributed by atoms with Crippen LogP contribution in [0.2, 0.25) is 0 Å². The lowest BCUT2D eigenvalue weighted by Crippen LogP contribution is -2.18. The summed E-state index contributed by atoms with van der Waals surface area (Å²) in [6.45, 7) is 2.17. The second-order valence-corrected chi connectivity index (χ2v) is 6.53. The third-order valence-corrected chi connectivity index (χ3v) is 3.64. The Hall–Kier alpha value is -0.990. The minimum absolute atomic E-state index is 0.0898. The SMILES string of the molecule is Cc1cc(S(=O)(=O)Cl)cc(C)c1OCCOC(F)(F)F. The van der Waals surface area contributed by atoms with Crippen molar-refractivity contribution in [2.24, 2.45) is 0 Å². The number of aryl methyl sites for hydroxylation is 2. The van der Waals surface area contributed by atoms with E-state index in [-0.39, 0.29) is 11.5 Å². The molecule has 0 radical (unpaired) electrons. The molecule has 1 aromatic rings. The molecule has 9 heteroatoms. The number of hydrogen-bond donors (Lipinski definition) is 0. The van der Waals surface area contributed by atoms with Gasteiger partial charge in [0.2, 0.25) is 0 Å². The number of halogens is 4. The summed E-state index contributed by atoms with van der Waals surface area (Å²) < 4.78 is 66.4. The van der Waals surface area contributed by atoms with Crippen LogP contribution in [0.5, 0.6) is 5.75 Å². The lowest BCUT2D eigenvalue weighted by atomic mass is 10.1. The summed E-state index contributed by atoms with van der Waals surface area (Å²) in [5.41, 5.74) is 0.910. The van der Waals surface area contributed by atoms with E-state index in [9.17, 15) is 21.6 Å². The molecule has 20 heavy (non-hydrogen) atoms. The largest absolute Gasteiger partial charge is 0.522 e. The maximum Gasteiger partial charge on any atom is 0.522 e. The highest BCUT2D eigenvalue weighted by Gasteiger charge is 2.28. The van der Waals surface area contributed by atoms with Gasteiger partial charge in [-0.15, -0.1) is 13.2 Å². The van der Waals surface area contributed by atoms with Gasteiger partial charge in [0, 0.05) is 10.7 Å². The Bertz CT molecular complexity index is 561. The highest BCUT2D eigenvalue weighted by Crippen LogP contribution is 2.28. The zero-order valence-electron chi connectivity index (χ0n) is 10.6. The molecule has 0 unspecified atom stereocenters. The van der Waals surface area contributed by atoms with Gasteiger partial charge in [0.25, 0.3) is 9.05 Å². The Morgan fingerprint density at radius 2 is 1.65 bits per heavy atom. The van der Waals surface area contributed by atoms with Gasteiger partial charge in [-0.1, -0.05) is 0 Å². The van der Waals surface area contributed by atoms with Crippen molar-refractivity contribution in [1.29, 1.82) is 0 Å². The van der Waals surface area contributed by atoms with Crippen molar-refractivity contribution in [2.45, 2.75) is 25.1 Å². The van der Waals surface area contributed by atoms with Crippen molar-refractivity contribution >= 4 is 19.7 Å². The van der Waals surface area contributed by atoms with Crippen LogP contribution in [0.3, 0.4) is 0 Å². The summed E-state index contributed by atoms with van der Waals surface area (Å²) in [5, 5.41) is 0. The summed E-state index contributed by atoms with van der Waals surface area (Å²) in [6, 6.07) is 2.57. The van der Waals surface area contributed by atoms with E-state index in [1.165, 1.54) is 12.1 Å². The van der Waals surface area contributed by atoms with Crippen LogP contribution in [0.25, 0.3) is 0 Å². The predicted molar refractivity (Wildman–Crippen MR) is 66.5 cm³/mol. The predicted octanol–water partition coefficient (Wildman–Crippen LogP) is 3.15. The van der Waals surface area contributed by atoms with Crippen LogP contribution in [-0.4, -0.2) is 28.0 Å². The van der Waals surface area contributed by atoms with E-state index in [4.69, 9.17) is 15.4 Å². The number of alkyl halides is 3. The molecule has 0 spiro atoms. The molecule has 0 N–H and O–H groups in total. The van der Waals surface area contributed by atoms with E-state index < -0.39 is 22.0 Å². The first-order valence-electron chi connectivity index (χ1n) is 5.40. The van der Waals surface area contributed by atoms with Crippen molar-refractivity contribution in [3.8, 4) is 5.75 Å². The molecule has 0 atom stereocenters. The van der Waals surface area contributed by atoms with Gasteiger partial charge in [0.05, 0.1) is 11.5 Å². The zero-order chi connectivity index (χ0) is 15.6. The fourth-order valence-electron chi connectivity index (χ4n) is 1.58. The summed E-state index contributed by atoms with van der Waals surface area (Å²) in [5.74, 6) is 0.305. The monoisotopic (exact) mass is 332 g/mol. The fraction of sp³-hybridized carbons (Fsp3) is 0.455. The molecule has 0 aliphatic carbocycles. The Labute approximate surface area is 118 Å². The molecule has 4 nitrogen and oxygen atoms in total. The van der Waals surface area contributed by atoms with Crippen molar-refractivity contribution < 1.29 is 31.1 Å². The fourth-order valence-corrected chi connectivity index (χ4v) is 2.48. The highest BCUT2D eigenvalue weighted by atomic mass is 35.7. The van der Waals surface area contributed by atoms with Gasteiger partial charge in [-0.3, -0.25) is 4.74 Å². The standard InChI is InChI=1S/C11H12ClF3O4S/c1-7-5-9(20(12,16)17)6-8(2)10(7)18-3-4-19-11(13,14)15/h5-6H,3-4H2,1-2H3. The van der Waals surface area contributed by atoms with Crippen LogP contribution in [0.15, 0.2) is 17.0 Å². The van der Waals surface area contributed by atoms with Gasteiger partial charge in [-0.2, -0.15) is 0 Å². The first-order chi connectivity index (χ1) is 9.00.